The van der Waals surface area contributed by atoms with Gasteiger partial charge in [-0.15, -0.1) is 0 Å². The molecule has 132 valence electrons. The first kappa shape index (κ1) is 18.3. The summed E-state index contributed by atoms with van der Waals surface area (Å²) >= 11 is 0. The van der Waals surface area contributed by atoms with Gasteiger partial charge in [0.2, 0.25) is 0 Å². The minimum atomic E-state index is -1.05. The Labute approximate surface area is 142 Å². The lowest BCUT2D eigenvalue weighted by Crippen LogP contribution is -2.34. The van der Waals surface area contributed by atoms with E-state index >= 15 is 0 Å². The Balaban J connectivity index is 2.65. The zero-order valence-electron chi connectivity index (χ0n) is 13.8. The van der Waals surface area contributed by atoms with Gasteiger partial charge in [0.15, 0.2) is 0 Å². The molecule has 0 radical (unpaired) electrons. The molecule has 2 rings (SSSR count). The van der Waals surface area contributed by atoms with Crippen LogP contribution in [0.25, 0.3) is 0 Å². The summed E-state index contributed by atoms with van der Waals surface area (Å²) in [5.74, 6) is -1.89. The Hall–Kier alpha value is -3.03. The smallest absolute Gasteiger partial charge is 0.419 e. The highest BCUT2D eigenvalue weighted by molar-refractivity contribution is 5.98. The minimum absolute atomic E-state index is 0.188. The van der Waals surface area contributed by atoms with Crippen LogP contribution in [0.15, 0.2) is 42.5 Å². The van der Waals surface area contributed by atoms with E-state index in [-0.39, 0.29) is 11.4 Å². The lowest BCUT2D eigenvalue weighted by molar-refractivity contribution is -0.384. The molecule has 6 nitrogen and oxygen atoms in total. The predicted octanol–water partition coefficient (Wildman–Crippen LogP) is 4.95. The monoisotopic (exact) mass is 350 g/mol. The second-order valence-electron chi connectivity index (χ2n) is 6.16. The molecule has 0 unspecified atom stereocenters. The predicted molar refractivity (Wildman–Crippen MR) is 87.8 cm³/mol. The molecule has 0 aromatic heterocycles. The van der Waals surface area contributed by atoms with E-state index in [9.17, 15) is 23.7 Å². The Morgan fingerprint density at radius 3 is 2.32 bits per heavy atom. The zero-order valence-corrected chi connectivity index (χ0v) is 13.8. The van der Waals surface area contributed by atoms with Crippen LogP contribution in [0.2, 0.25) is 0 Å². The second kappa shape index (κ2) is 6.84. The fraction of sp³-hybridized carbons (Fsp3) is 0.235. The number of hydrogen-bond donors (Lipinski definition) is 0. The third kappa shape index (κ3) is 4.28. The molecular weight excluding hydrogens is 334 g/mol. The number of amides is 1. The molecule has 0 saturated carbocycles. The first-order valence-electron chi connectivity index (χ1n) is 7.32. The molecular formula is C17H16F2N2O4. The van der Waals surface area contributed by atoms with Crippen molar-refractivity contribution in [1.82, 2.24) is 0 Å². The van der Waals surface area contributed by atoms with E-state index < -0.39 is 33.9 Å². The van der Waals surface area contributed by atoms with Gasteiger partial charge in [-0.05, 0) is 39.0 Å². The molecule has 0 saturated heterocycles. The number of nitro groups is 1. The maximum absolute atomic E-state index is 14.3. The molecule has 2 aromatic rings. The fourth-order valence-electron chi connectivity index (χ4n) is 2.10. The van der Waals surface area contributed by atoms with E-state index in [0.29, 0.717) is 6.07 Å². The molecule has 0 fully saturated rings. The van der Waals surface area contributed by atoms with Gasteiger partial charge < -0.3 is 4.74 Å². The summed E-state index contributed by atoms with van der Waals surface area (Å²) in [6.45, 7) is 4.80. The molecule has 1 amide bonds. The van der Waals surface area contributed by atoms with Crippen molar-refractivity contribution in [3.05, 3.63) is 64.2 Å². The SMILES string of the molecule is CC(C)(C)OC(=O)N(c1ccc(F)cc1F)c1ccccc1[N+](=O)[O-]. The number of nitrogens with zero attached hydrogens (tertiary/aromatic N) is 2. The van der Waals surface area contributed by atoms with Gasteiger partial charge in [0.1, 0.15) is 22.9 Å². The standard InChI is InChI=1S/C17H16F2N2O4/c1-17(2,3)25-16(22)20(13-9-8-11(18)10-12(13)19)14-6-4-5-7-15(14)21(23)24/h4-10H,1-3H3. The average molecular weight is 350 g/mol. The number of anilines is 2. The van der Waals surface area contributed by atoms with Crippen LogP contribution in [0.1, 0.15) is 20.8 Å². The van der Waals surface area contributed by atoms with Crippen LogP contribution in [-0.4, -0.2) is 16.6 Å². The van der Waals surface area contributed by atoms with Crippen molar-refractivity contribution >= 4 is 23.2 Å². The summed E-state index contributed by atoms with van der Waals surface area (Å²) < 4.78 is 32.7. The lowest BCUT2D eigenvalue weighted by atomic mass is 10.2. The molecule has 25 heavy (non-hydrogen) atoms. The molecule has 0 heterocycles. The fourth-order valence-corrected chi connectivity index (χ4v) is 2.10. The molecule has 0 N–H and O–H groups in total. The molecule has 0 spiro atoms. The summed E-state index contributed by atoms with van der Waals surface area (Å²) in [4.78, 5) is 23.9. The zero-order chi connectivity index (χ0) is 18.8. The van der Waals surface area contributed by atoms with E-state index in [1.807, 2.05) is 0 Å². The number of benzene rings is 2. The van der Waals surface area contributed by atoms with Crippen molar-refractivity contribution < 1.29 is 23.2 Å². The van der Waals surface area contributed by atoms with Crippen LogP contribution >= 0.6 is 0 Å². The van der Waals surface area contributed by atoms with Gasteiger partial charge in [-0.25, -0.2) is 18.5 Å². The van der Waals surface area contributed by atoms with Crippen molar-refractivity contribution in [3.63, 3.8) is 0 Å². The molecule has 0 aliphatic carbocycles. The van der Waals surface area contributed by atoms with Gasteiger partial charge in [-0.2, -0.15) is 0 Å². The summed E-state index contributed by atoms with van der Waals surface area (Å²) in [5.41, 5.74) is -1.88. The van der Waals surface area contributed by atoms with Crippen molar-refractivity contribution in [3.8, 4) is 0 Å². The number of para-hydroxylation sites is 2. The van der Waals surface area contributed by atoms with Crippen molar-refractivity contribution in [2.45, 2.75) is 26.4 Å². The summed E-state index contributed by atoms with van der Waals surface area (Å²) in [5, 5.41) is 11.3. The largest absolute Gasteiger partial charge is 0.443 e. The Bertz CT molecular complexity index is 819. The third-order valence-electron chi connectivity index (χ3n) is 3.05. The number of hydrogen-bond acceptors (Lipinski definition) is 4. The number of carbonyl (C=O) groups excluding carboxylic acids is 1. The van der Waals surface area contributed by atoms with E-state index in [1.165, 1.54) is 24.3 Å². The Morgan fingerprint density at radius 1 is 1.12 bits per heavy atom. The second-order valence-corrected chi connectivity index (χ2v) is 6.16. The van der Waals surface area contributed by atoms with Crippen LogP contribution < -0.4 is 4.90 Å². The maximum Gasteiger partial charge on any atom is 0.419 e. The van der Waals surface area contributed by atoms with E-state index in [4.69, 9.17) is 4.74 Å². The summed E-state index contributed by atoms with van der Waals surface area (Å²) in [6.07, 6.45) is -1.02. The van der Waals surface area contributed by atoms with Gasteiger partial charge in [-0.1, -0.05) is 12.1 Å². The van der Waals surface area contributed by atoms with E-state index in [1.54, 1.807) is 20.8 Å². The average Bonchev–Trinajstić information content (AvgIpc) is 2.48. The summed E-state index contributed by atoms with van der Waals surface area (Å²) in [7, 11) is 0. The molecule has 0 bridgehead atoms. The van der Waals surface area contributed by atoms with Crippen molar-refractivity contribution in [2.24, 2.45) is 0 Å². The van der Waals surface area contributed by atoms with Gasteiger partial charge in [0.25, 0.3) is 5.69 Å². The highest BCUT2D eigenvalue weighted by Gasteiger charge is 2.31. The number of rotatable bonds is 3. The van der Waals surface area contributed by atoms with E-state index in [2.05, 4.69) is 0 Å². The topological polar surface area (TPSA) is 72.7 Å². The van der Waals surface area contributed by atoms with Crippen LogP contribution in [0.3, 0.4) is 0 Å². The third-order valence-corrected chi connectivity index (χ3v) is 3.05. The van der Waals surface area contributed by atoms with Crippen LogP contribution in [0.5, 0.6) is 0 Å². The normalized spacial score (nSPS) is 11.1. The lowest BCUT2D eigenvalue weighted by Gasteiger charge is -2.27. The van der Waals surface area contributed by atoms with Crippen molar-refractivity contribution in [1.29, 1.82) is 0 Å². The van der Waals surface area contributed by atoms with Crippen LogP contribution in [0, 0.1) is 21.7 Å². The van der Waals surface area contributed by atoms with Crippen LogP contribution in [0.4, 0.5) is 30.6 Å². The molecule has 0 aliphatic rings. The highest BCUT2D eigenvalue weighted by Crippen LogP contribution is 2.36. The number of carbonyl (C=O) groups is 1. The van der Waals surface area contributed by atoms with Crippen molar-refractivity contribution in [2.75, 3.05) is 4.90 Å². The van der Waals surface area contributed by atoms with Gasteiger partial charge in [-0.3, -0.25) is 10.1 Å². The molecule has 0 aliphatic heterocycles. The van der Waals surface area contributed by atoms with Gasteiger partial charge in [0, 0.05) is 12.1 Å². The molecule has 0 atom stereocenters. The van der Waals surface area contributed by atoms with Crippen LogP contribution in [-0.2, 0) is 4.74 Å². The summed E-state index contributed by atoms with van der Waals surface area (Å²) in [6, 6.07) is 7.88. The quantitative estimate of drug-likeness (QED) is 0.580. The van der Waals surface area contributed by atoms with E-state index in [0.717, 1.165) is 17.0 Å². The number of ether oxygens (including phenoxy) is 1. The first-order chi connectivity index (χ1) is 11.6. The molecule has 8 heteroatoms. The Morgan fingerprint density at radius 2 is 1.76 bits per heavy atom. The first-order valence-corrected chi connectivity index (χ1v) is 7.32. The van der Waals surface area contributed by atoms with Gasteiger partial charge >= 0.3 is 6.09 Å². The minimum Gasteiger partial charge on any atom is -0.443 e. The number of halogens is 2. The number of nitro benzene ring substituents is 1. The highest BCUT2D eigenvalue weighted by atomic mass is 19.1. The maximum atomic E-state index is 14.3. The van der Waals surface area contributed by atoms with Gasteiger partial charge in [0.05, 0.1) is 10.6 Å². The Kier molecular flexibility index (Phi) is 5.01. The molecule has 2 aromatic carbocycles.